The van der Waals surface area contributed by atoms with Crippen LogP contribution in [0.5, 0.6) is 0 Å². The summed E-state index contributed by atoms with van der Waals surface area (Å²) < 4.78 is 15.5. The topological polar surface area (TPSA) is 121 Å². The average molecular weight is 492 g/mol. The van der Waals surface area contributed by atoms with Crippen molar-refractivity contribution in [3.05, 3.63) is 86.2 Å². The summed E-state index contributed by atoms with van der Waals surface area (Å²) >= 11 is 5.86. The number of carboxylic acids is 1. The van der Waals surface area contributed by atoms with E-state index in [2.05, 4.69) is 10.3 Å². The van der Waals surface area contributed by atoms with Crippen LogP contribution >= 0.6 is 11.6 Å². The van der Waals surface area contributed by atoms with Gasteiger partial charge < -0.3 is 10.4 Å². The van der Waals surface area contributed by atoms with Crippen molar-refractivity contribution in [3.63, 3.8) is 0 Å². The Hall–Kier alpha value is -4.29. The van der Waals surface area contributed by atoms with Gasteiger partial charge in [0.15, 0.2) is 5.69 Å². The maximum absolute atomic E-state index is 14.1. The van der Waals surface area contributed by atoms with Crippen LogP contribution in [0.1, 0.15) is 40.1 Å². The lowest BCUT2D eigenvalue weighted by atomic mass is 10.0. The van der Waals surface area contributed by atoms with Crippen LogP contribution in [0.15, 0.2) is 47.3 Å². The third kappa shape index (κ3) is 4.56. The van der Waals surface area contributed by atoms with E-state index in [1.807, 2.05) is 19.1 Å². The first-order chi connectivity index (χ1) is 16.6. The second-order valence-corrected chi connectivity index (χ2v) is 8.48. The third-order valence-electron chi connectivity index (χ3n) is 5.54. The minimum atomic E-state index is -1.25. The molecule has 2 aromatic heterocycles. The fourth-order valence-corrected chi connectivity index (χ4v) is 4.10. The molecule has 0 saturated heterocycles. The first-order valence-corrected chi connectivity index (χ1v) is 10.9. The van der Waals surface area contributed by atoms with E-state index < -0.39 is 17.8 Å². The molecule has 2 N–H and O–H groups in total. The molecule has 0 aliphatic heterocycles. The number of hydrogen-bond donors (Lipinski definition) is 2. The predicted octanol–water partition coefficient (Wildman–Crippen LogP) is 4.84. The van der Waals surface area contributed by atoms with E-state index in [-0.39, 0.29) is 39.0 Å². The van der Waals surface area contributed by atoms with Gasteiger partial charge in [0.1, 0.15) is 16.8 Å². The number of fused-ring (bicyclic) bond motifs is 1. The molecule has 4 rings (SSSR count). The van der Waals surface area contributed by atoms with Crippen molar-refractivity contribution in [2.24, 2.45) is 7.05 Å². The summed E-state index contributed by atoms with van der Waals surface area (Å²) in [6, 6.07) is 11.7. The number of benzene rings is 2. The number of aromatic nitrogens is 3. The molecule has 2 heterocycles. The second kappa shape index (κ2) is 9.16. The maximum Gasteiger partial charge on any atom is 0.356 e. The maximum atomic E-state index is 14.1. The van der Waals surface area contributed by atoms with E-state index in [1.54, 1.807) is 13.0 Å². The summed E-state index contributed by atoms with van der Waals surface area (Å²) in [5, 5.41) is 22.3. The van der Waals surface area contributed by atoms with E-state index in [9.17, 15) is 24.3 Å². The van der Waals surface area contributed by atoms with Crippen molar-refractivity contribution in [2.45, 2.75) is 19.9 Å². The zero-order chi connectivity index (χ0) is 25.4. The molecule has 35 heavy (non-hydrogen) atoms. The van der Waals surface area contributed by atoms with Gasteiger partial charge in [-0.05, 0) is 55.8 Å². The van der Waals surface area contributed by atoms with E-state index in [1.165, 1.54) is 35.9 Å². The summed E-state index contributed by atoms with van der Waals surface area (Å²) in [6.07, 6.45) is 0. The molecule has 0 radical (unpaired) electrons. The van der Waals surface area contributed by atoms with Crippen molar-refractivity contribution in [3.8, 4) is 17.5 Å². The number of carbonyl (C=O) groups is 1. The summed E-state index contributed by atoms with van der Waals surface area (Å²) in [6.45, 7) is 3.63. The van der Waals surface area contributed by atoms with E-state index in [4.69, 9.17) is 16.6 Å². The number of nitriles is 1. The van der Waals surface area contributed by atoms with E-state index in [0.717, 1.165) is 11.6 Å². The Balaban J connectivity index is 1.91. The molecule has 176 valence electrons. The van der Waals surface area contributed by atoms with Crippen molar-refractivity contribution >= 4 is 34.2 Å². The van der Waals surface area contributed by atoms with Crippen molar-refractivity contribution in [1.29, 1.82) is 5.26 Å². The number of aromatic carboxylic acids is 1. The second-order valence-electron chi connectivity index (χ2n) is 8.09. The molecule has 1 atom stereocenters. The lowest BCUT2D eigenvalue weighted by molar-refractivity contribution is 0.0691. The molecule has 0 unspecified atom stereocenters. The number of pyridine rings is 1. The molecular weight excluding hydrogens is 473 g/mol. The van der Waals surface area contributed by atoms with E-state index in [0.29, 0.717) is 16.5 Å². The van der Waals surface area contributed by atoms with Gasteiger partial charge in [-0.2, -0.15) is 5.26 Å². The number of nitrogens with zero attached hydrogens (tertiary/aromatic N) is 4. The molecule has 2 aromatic carbocycles. The molecule has 0 aliphatic carbocycles. The van der Waals surface area contributed by atoms with Gasteiger partial charge in [-0.25, -0.2) is 19.2 Å². The molecule has 0 bridgehead atoms. The standard InChI is InChI=1S/C25H19ClFN5O3/c1-12-6-17(13(2)29-19-4-5-20(26)30-22(19)25(34)35)21-18(7-12)24(33)32(3)23(31-21)15-8-14(11-28)9-16(27)10-15/h4-10,13,29H,1-3H3,(H,34,35)/t13-/m1/s1. The van der Waals surface area contributed by atoms with Crippen LogP contribution in [0.25, 0.3) is 22.3 Å². The monoisotopic (exact) mass is 491 g/mol. The summed E-state index contributed by atoms with van der Waals surface area (Å²) in [5.74, 6) is -1.68. The van der Waals surface area contributed by atoms with Gasteiger partial charge in [-0.1, -0.05) is 17.7 Å². The van der Waals surface area contributed by atoms with Gasteiger partial charge in [0.25, 0.3) is 5.56 Å². The van der Waals surface area contributed by atoms with Gasteiger partial charge in [-0.3, -0.25) is 9.36 Å². The Morgan fingerprint density at radius 2 is 1.97 bits per heavy atom. The van der Waals surface area contributed by atoms with Gasteiger partial charge in [0.2, 0.25) is 0 Å². The number of rotatable bonds is 5. The molecule has 0 saturated carbocycles. The molecule has 0 aliphatic rings. The lowest BCUT2D eigenvalue weighted by Gasteiger charge is -2.20. The molecule has 0 spiro atoms. The van der Waals surface area contributed by atoms with Crippen LogP contribution in [0.4, 0.5) is 10.1 Å². The van der Waals surface area contributed by atoms with Crippen LogP contribution in [-0.4, -0.2) is 25.6 Å². The summed E-state index contributed by atoms with van der Waals surface area (Å²) in [4.78, 5) is 33.5. The van der Waals surface area contributed by atoms with Gasteiger partial charge in [0.05, 0.1) is 34.3 Å². The van der Waals surface area contributed by atoms with Crippen LogP contribution < -0.4 is 10.9 Å². The number of halogens is 2. The van der Waals surface area contributed by atoms with E-state index >= 15 is 0 Å². The quantitative estimate of drug-likeness (QED) is 0.383. The lowest BCUT2D eigenvalue weighted by Crippen LogP contribution is -2.22. The third-order valence-corrected chi connectivity index (χ3v) is 5.75. The number of nitrogens with one attached hydrogen (secondary N) is 1. The highest BCUT2D eigenvalue weighted by Crippen LogP contribution is 2.29. The number of aryl methyl sites for hydroxylation is 1. The zero-order valence-corrected chi connectivity index (χ0v) is 19.7. The van der Waals surface area contributed by atoms with Gasteiger partial charge >= 0.3 is 5.97 Å². The van der Waals surface area contributed by atoms with Crippen LogP contribution in [0.2, 0.25) is 5.15 Å². The Bertz CT molecular complexity index is 1610. The first-order valence-electron chi connectivity index (χ1n) is 10.5. The Morgan fingerprint density at radius 1 is 1.23 bits per heavy atom. The highest BCUT2D eigenvalue weighted by Gasteiger charge is 2.20. The first kappa shape index (κ1) is 23.9. The number of anilines is 1. The number of carboxylic acid groups (broad SMARTS) is 1. The predicted molar refractivity (Wildman–Crippen MR) is 130 cm³/mol. The van der Waals surface area contributed by atoms with Crippen molar-refractivity contribution < 1.29 is 14.3 Å². The molecule has 8 nitrogen and oxygen atoms in total. The smallest absolute Gasteiger partial charge is 0.356 e. The van der Waals surface area contributed by atoms with Crippen molar-refractivity contribution in [1.82, 2.24) is 14.5 Å². The largest absolute Gasteiger partial charge is 0.476 e. The van der Waals surface area contributed by atoms with Crippen LogP contribution in [0, 0.1) is 24.1 Å². The van der Waals surface area contributed by atoms with Crippen LogP contribution in [-0.2, 0) is 7.05 Å². The fraction of sp³-hybridized carbons (Fsp3) is 0.160. The summed E-state index contributed by atoms with van der Waals surface area (Å²) in [5.41, 5.74) is 1.85. The minimum absolute atomic E-state index is 0.0447. The average Bonchev–Trinajstić information content (AvgIpc) is 2.81. The minimum Gasteiger partial charge on any atom is -0.476 e. The molecule has 10 heteroatoms. The SMILES string of the molecule is Cc1cc([C@@H](C)Nc2ccc(Cl)nc2C(=O)O)c2nc(-c3cc(F)cc(C#N)c3)n(C)c(=O)c2c1. The molecular formula is C25H19ClFN5O3. The Labute approximate surface area is 204 Å². The van der Waals surface area contributed by atoms with Crippen LogP contribution in [0.3, 0.4) is 0 Å². The number of hydrogen-bond acceptors (Lipinski definition) is 6. The Kier molecular flexibility index (Phi) is 6.24. The summed E-state index contributed by atoms with van der Waals surface area (Å²) in [7, 11) is 1.53. The molecule has 4 aromatic rings. The highest BCUT2D eigenvalue weighted by molar-refractivity contribution is 6.29. The van der Waals surface area contributed by atoms with Gasteiger partial charge in [-0.15, -0.1) is 0 Å². The normalized spacial score (nSPS) is 11.8. The highest BCUT2D eigenvalue weighted by atomic mass is 35.5. The van der Waals surface area contributed by atoms with Gasteiger partial charge in [0, 0.05) is 18.2 Å². The Morgan fingerprint density at radius 3 is 2.66 bits per heavy atom. The fourth-order valence-electron chi connectivity index (χ4n) is 3.95. The molecule has 0 amide bonds. The zero-order valence-electron chi connectivity index (χ0n) is 18.9. The van der Waals surface area contributed by atoms with Crippen molar-refractivity contribution in [2.75, 3.05) is 5.32 Å². The molecule has 0 fully saturated rings.